The summed E-state index contributed by atoms with van der Waals surface area (Å²) in [6, 6.07) is 6.07. The topological polar surface area (TPSA) is 89.8 Å². The maximum Gasteiger partial charge on any atom is 0.323 e. The van der Waals surface area contributed by atoms with Crippen LogP contribution in [-0.2, 0) is 4.79 Å². The molecule has 1 amide bonds. The van der Waals surface area contributed by atoms with Crippen molar-refractivity contribution in [2.24, 2.45) is 0 Å². The summed E-state index contributed by atoms with van der Waals surface area (Å²) in [6.07, 6.45) is 0.450. The van der Waals surface area contributed by atoms with Gasteiger partial charge in [0.15, 0.2) is 0 Å². The first kappa shape index (κ1) is 15.3. The van der Waals surface area contributed by atoms with Gasteiger partial charge in [0.25, 0.3) is 0 Å². The van der Waals surface area contributed by atoms with Gasteiger partial charge < -0.3 is 20.6 Å². The van der Waals surface area contributed by atoms with E-state index in [4.69, 9.17) is 0 Å². The van der Waals surface area contributed by atoms with Gasteiger partial charge in [0.1, 0.15) is 0 Å². The average Bonchev–Trinajstić information content (AvgIpc) is 2.76. The van der Waals surface area contributed by atoms with E-state index in [0.717, 1.165) is 16.6 Å². The number of H-pyrrole nitrogens is 2. The fraction of sp³-hybridized carbons (Fsp3) is 0.467. The summed E-state index contributed by atoms with van der Waals surface area (Å²) >= 11 is 0. The lowest BCUT2D eigenvalue weighted by Crippen LogP contribution is -2.33. The maximum atomic E-state index is 11.6. The summed E-state index contributed by atoms with van der Waals surface area (Å²) in [7, 11) is 0. The molecule has 1 aromatic heterocycles. The number of aromatic nitrogens is 2. The van der Waals surface area contributed by atoms with Gasteiger partial charge in [-0.05, 0) is 38.5 Å². The first-order valence-corrected chi connectivity index (χ1v) is 7.20. The van der Waals surface area contributed by atoms with Gasteiger partial charge in [0.05, 0.1) is 11.0 Å². The van der Waals surface area contributed by atoms with Gasteiger partial charge in [0, 0.05) is 25.0 Å². The SMILES string of the molecule is CC(C)NC(=O)CCNC(C)c1ccc2[nH]c(=O)[nH]c2c1. The third kappa shape index (κ3) is 4.19. The van der Waals surface area contributed by atoms with E-state index in [-0.39, 0.29) is 23.7 Å². The molecule has 114 valence electrons. The molecule has 2 aromatic rings. The smallest absolute Gasteiger partial charge is 0.323 e. The highest BCUT2D eigenvalue weighted by Crippen LogP contribution is 2.16. The minimum absolute atomic E-state index is 0.0510. The number of hydrogen-bond donors (Lipinski definition) is 4. The van der Waals surface area contributed by atoms with E-state index in [1.165, 1.54) is 0 Å². The standard InChI is InChI=1S/C15H22N4O2/c1-9(2)17-14(20)6-7-16-10(3)11-4-5-12-13(8-11)19-15(21)18-12/h4-5,8-10,16H,6-7H2,1-3H3,(H,17,20)(H2,18,19,21). The third-order valence-corrected chi connectivity index (χ3v) is 3.29. The number of nitrogens with one attached hydrogen (secondary N) is 4. The Kier molecular flexibility index (Phi) is 4.80. The molecule has 0 aliphatic carbocycles. The first-order valence-electron chi connectivity index (χ1n) is 7.20. The van der Waals surface area contributed by atoms with E-state index in [9.17, 15) is 9.59 Å². The van der Waals surface area contributed by atoms with Crippen molar-refractivity contribution in [3.63, 3.8) is 0 Å². The van der Waals surface area contributed by atoms with Crippen molar-refractivity contribution < 1.29 is 4.79 Å². The number of hydrogen-bond acceptors (Lipinski definition) is 3. The maximum absolute atomic E-state index is 11.6. The van der Waals surface area contributed by atoms with Crippen molar-refractivity contribution in [1.29, 1.82) is 0 Å². The van der Waals surface area contributed by atoms with Crippen LogP contribution in [0.4, 0.5) is 0 Å². The van der Waals surface area contributed by atoms with Crippen molar-refractivity contribution >= 4 is 16.9 Å². The summed E-state index contributed by atoms with van der Waals surface area (Å²) in [4.78, 5) is 28.3. The minimum Gasteiger partial charge on any atom is -0.354 e. The second kappa shape index (κ2) is 6.58. The summed E-state index contributed by atoms with van der Waals surface area (Å²) in [5.74, 6) is 0.0510. The number of rotatable bonds is 6. The van der Waals surface area contributed by atoms with E-state index >= 15 is 0 Å². The van der Waals surface area contributed by atoms with E-state index < -0.39 is 0 Å². The van der Waals surface area contributed by atoms with E-state index in [1.807, 2.05) is 39.0 Å². The lowest BCUT2D eigenvalue weighted by Gasteiger charge is -2.15. The summed E-state index contributed by atoms with van der Waals surface area (Å²) in [5.41, 5.74) is 2.46. The number of carbonyl (C=O) groups excluding carboxylic acids is 1. The highest BCUT2D eigenvalue weighted by molar-refractivity contribution is 5.76. The summed E-state index contributed by atoms with van der Waals surface area (Å²) in [6.45, 7) is 6.54. The Hall–Kier alpha value is -2.08. The predicted molar refractivity (Wildman–Crippen MR) is 83.2 cm³/mol. The van der Waals surface area contributed by atoms with Gasteiger partial charge in [0.2, 0.25) is 5.91 Å². The minimum atomic E-state index is -0.201. The Morgan fingerprint density at radius 1 is 1.19 bits per heavy atom. The fourth-order valence-electron chi connectivity index (χ4n) is 2.23. The Morgan fingerprint density at radius 2 is 1.90 bits per heavy atom. The van der Waals surface area contributed by atoms with Crippen LogP contribution in [0.3, 0.4) is 0 Å². The average molecular weight is 290 g/mol. The Morgan fingerprint density at radius 3 is 2.62 bits per heavy atom. The highest BCUT2D eigenvalue weighted by atomic mass is 16.1. The van der Waals surface area contributed by atoms with Gasteiger partial charge in [-0.3, -0.25) is 4.79 Å². The molecule has 2 rings (SSSR count). The third-order valence-electron chi connectivity index (χ3n) is 3.29. The molecule has 1 unspecified atom stereocenters. The van der Waals surface area contributed by atoms with Crippen molar-refractivity contribution in [3.05, 3.63) is 34.2 Å². The molecule has 0 aliphatic heterocycles. The quantitative estimate of drug-likeness (QED) is 0.648. The number of benzene rings is 1. The lowest BCUT2D eigenvalue weighted by molar-refractivity contribution is -0.121. The largest absolute Gasteiger partial charge is 0.354 e. The molecular weight excluding hydrogens is 268 g/mol. The fourth-order valence-corrected chi connectivity index (χ4v) is 2.23. The van der Waals surface area contributed by atoms with Gasteiger partial charge in [-0.15, -0.1) is 0 Å². The Labute approximate surface area is 123 Å². The molecule has 6 nitrogen and oxygen atoms in total. The number of fused-ring (bicyclic) bond motifs is 1. The number of amides is 1. The van der Waals surface area contributed by atoms with E-state index in [0.29, 0.717) is 13.0 Å². The zero-order valence-electron chi connectivity index (χ0n) is 12.6. The highest BCUT2D eigenvalue weighted by Gasteiger charge is 2.08. The summed E-state index contributed by atoms with van der Waals surface area (Å²) < 4.78 is 0. The second-order valence-electron chi connectivity index (χ2n) is 5.53. The lowest BCUT2D eigenvalue weighted by atomic mass is 10.1. The van der Waals surface area contributed by atoms with Crippen LogP contribution in [0, 0.1) is 0 Å². The Balaban J connectivity index is 1.91. The van der Waals surface area contributed by atoms with Crippen LogP contribution in [0.25, 0.3) is 11.0 Å². The van der Waals surface area contributed by atoms with Crippen LogP contribution in [0.5, 0.6) is 0 Å². The van der Waals surface area contributed by atoms with Crippen molar-refractivity contribution in [2.45, 2.75) is 39.3 Å². The van der Waals surface area contributed by atoms with Crippen molar-refractivity contribution in [1.82, 2.24) is 20.6 Å². The molecule has 0 bridgehead atoms. The molecule has 1 heterocycles. The molecular formula is C15H22N4O2. The molecule has 0 saturated carbocycles. The van der Waals surface area contributed by atoms with Crippen LogP contribution in [-0.4, -0.2) is 28.5 Å². The molecule has 1 atom stereocenters. The van der Waals surface area contributed by atoms with Crippen LogP contribution < -0.4 is 16.3 Å². The van der Waals surface area contributed by atoms with Gasteiger partial charge >= 0.3 is 5.69 Å². The molecule has 0 aliphatic rings. The van der Waals surface area contributed by atoms with Crippen LogP contribution >= 0.6 is 0 Å². The molecule has 0 saturated heterocycles. The first-order chi connectivity index (χ1) is 9.95. The number of carbonyl (C=O) groups is 1. The molecule has 0 radical (unpaired) electrons. The second-order valence-corrected chi connectivity index (χ2v) is 5.53. The molecule has 4 N–H and O–H groups in total. The predicted octanol–water partition coefficient (Wildman–Crippen LogP) is 1.42. The number of aromatic amines is 2. The van der Waals surface area contributed by atoms with E-state index in [1.54, 1.807) is 0 Å². The van der Waals surface area contributed by atoms with Gasteiger partial charge in [-0.25, -0.2) is 4.79 Å². The van der Waals surface area contributed by atoms with Crippen molar-refractivity contribution in [3.8, 4) is 0 Å². The van der Waals surface area contributed by atoms with Gasteiger partial charge in [-0.1, -0.05) is 6.07 Å². The molecule has 6 heteroatoms. The molecule has 0 spiro atoms. The van der Waals surface area contributed by atoms with Crippen LogP contribution in [0.15, 0.2) is 23.0 Å². The molecule has 0 fully saturated rings. The number of imidazole rings is 1. The monoisotopic (exact) mass is 290 g/mol. The normalized spacial score (nSPS) is 12.8. The van der Waals surface area contributed by atoms with E-state index in [2.05, 4.69) is 20.6 Å². The Bertz CT molecular complexity index is 672. The van der Waals surface area contributed by atoms with Gasteiger partial charge in [-0.2, -0.15) is 0 Å². The van der Waals surface area contributed by atoms with Crippen LogP contribution in [0.1, 0.15) is 38.8 Å². The summed E-state index contributed by atoms with van der Waals surface area (Å²) in [5, 5.41) is 6.17. The van der Waals surface area contributed by atoms with Crippen molar-refractivity contribution in [2.75, 3.05) is 6.54 Å². The molecule has 21 heavy (non-hydrogen) atoms. The zero-order chi connectivity index (χ0) is 15.4. The zero-order valence-corrected chi connectivity index (χ0v) is 12.6. The van der Waals surface area contributed by atoms with Crippen LogP contribution in [0.2, 0.25) is 0 Å². The molecule has 1 aromatic carbocycles.